The first-order chi connectivity index (χ1) is 10.2. The van der Waals surface area contributed by atoms with Crippen molar-refractivity contribution in [2.45, 2.75) is 18.9 Å². The van der Waals surface area contributed by atoms with Crippen LogP contribution in [0.5, 0.6) is 0 Å². The van der Waals surface area contributed by atoms with Gasteiger partial charge in [0.2, 0.25) is 5.91 Å². The Kier molecular flexibility index (Phi) is 3.76. The summed E-state index contributed by atoms with van der Waals surface area (Å²) in [6.07, 6.45) is 1.79. The smallest absolute Gasteiger partial charge is 0.228 e. The molecule has 0 aromatic heterocycles. The zero-order valence-corrected chi connectivity index (χ0v) is 12.0. The lowest BCUT2D eigenvalue weighted by Crippen LogP contribution is -2.39. The summed E-state index contributed by atoms with van der Waals surface area (Å²) in [7, 11) is 0. The molecule has 3 rings (SSSR count). The van der Waals surface area contributed by atoms with Crippen molar-refractivity contribution in [1.29, 1.82) is 0 Å². The molecule has 0 heterocycles. The Morgan fingerprint density at radius 3 is 1.86 bits per heavy atom. The molecular formula is C18H20N2O. The number of nitrogens with two attached hydrogens (primary N) is 1. The Morgan fingerprint density at radius 1 is 1.00 bits per heavy atom. The lowest BCUT2D eigenvalue weighted by Gasteiger charge is -2.22. The van der Waals surface area contributed by atoms with E-state index in [1.165, 1.54) is 0 Å². The second-order valence-corrected chi connectivity index (χ2v) is 5.71. The van der Waals surface area contributed by atoms with Crippen molar-refractivity contribution in [3.8, 4) is 0 Å². The number of rotatable bonds is 5. The van der Waals surface area contributed by atoms with E-state index in [-0.39, 0.29) is 17.4 Å². The molecule has 1 saturated carbocycles. The van der Waals surface area contributed by atoms with Crippen molar-refractivity contribution in [1.82, 2.24) is 5.32 Å². The zero-order chi connectivity index (χ0) is 14.7. The van der Waals surface area contributed by atoms with Crippen LogP contribution in [0.3, 0.4) is 0 Å². The van der Waals surface area contributed by atoms with E-state index in [9.17, 15) is 4.79 Å². The molecule has 0 atom stereocenters. The van der Waals surface area contributed by atoms with E-state index in [0.717, 1.165) is 24.0 Å². The van der Waals surface area contributed by atoms with E-state index < -0.39 is 0 Å². The molecule has 0 spiro atoms. The van der Waals surface area contributed by atoms with Crippen LogP contribution in [-0.2, 0) is 4.79 Å². The lowest BCUT2D eigenvalue weighted by atomic mass is 9.97. The molecule has 3 N–H and O–H groups in total. The van der Waals surface area contributed by atoms with Crippen molar-refractivity contribution < 1.29 is 4.79 Å². The fourth-order valence-corrected chi connectivity index (χ4v) is 2.61. The molecule has 0 radical (unpaired) electrons. The molecule has 2 aromatic carbocycles. The molecule has 0 bridgehead atoms. The molecule has 21 heavy (non-hydrogen) atoms. The largest absolute Gasteiger partial charge is 0.345 e. The summed E-state index contributed by atoms with van der Waals surface area (Å²) in [5.41, 5.74) is 7.61. The molecule has 1 amide bonds. The first-order valence-electron chi connectivity index (χ1n) is 7.36. The molecule has 0 aliphatic heterocycles. The summed E-state index contributed by atoms with van der Waals surface area (Å²) in [6, 6.07) is 20.0. The Labute approximate surface area is 125 Å². The molecular weight excluding hydrogens is 260 g/mol. The molecule has 1 aliphatic rings. The van der Waals surface area contributed by atoms with Crippen LogP contribution in [-0.4, -0.2) is 12.5 Å². The normalized spacial score (nSPS) is 15.7. The number of carbonyl (C=O) groups is 1. The Balaban J connectivity index is 1.89. The van der Waals surface area contributed by atoms with Crippen LogP contribution in [0.25, 0.3) is 0 Å². The highest BCUT2D eigenvalue weighted by atomic mass is 16.2. The maximum atomic E-state index is 12.5. The van der Waals surface area contributed by atoms with Crippen LogP contribution >= 0.6 is 0 Å². The summed E-state index contributed by atoms with van der Waals surface area (Å²) in [5, 5.41) is 3.18. The summed E-state index contributed by atoms with van der Waals surface area (Å²) in [4.78, 5) is 12.5. The minimum Gasteiger partial charge on any atom is -0.345 e. The van der Waals surface area contributed by atoms with E-state index in [0.29, 0.717) is 6.54 Å². The van der Waals surface area contributed by atoms with Crippen molar-refractivity contribution in [2.24, 2.45) is 11.1 Å². The highest BCUT2D eigenvalue weighted by Gasteiger charge is 2.49. The number of benzene rings is 2. The van der Waals surface area contributed by atoms with E-state index in [4.69, 9.17) is 5.73 Å². The average molecular weight is 280 g/mol. The van der Waals surface area contributed by atoms with Crippen molar-refractivity contribution >= 4 is 5.91 Å². The van der Waals surface area contributed by atoms with Gasteiger partial charge in [0, 0.05) is 6.54 Å². The fraction of sp³-hybridized carbons (Fsp3) is 0.278. The number of hydrogen-bond donors (Lipinski definition) is 2. The summed E-state index contributed by atoms with van der Waals surface area (Å²) in [6.45, 7) is 0.426. The van der Waals surface area contributed by atoms with Crippen LogP contribution in [0.1, 0.15) is 30.0 Å². The standard InChI is InChI=1S/C18H20N2O/c19-13-18(11-12-18)17(21)20-16(14-7-3-1-4-8-14)15-9-5-2-6-10-15/h1-10,16H,11-13,19H2,(H,20,21). The van der Waals surface area contributed by atoms with Crippen molar-refractivity contribution in [3.63, 3.8) is 0 Å². The first kappa shape index (κ1) is 13.8. The predicted octanol–water partition coefficient (Wildman–Crippen LogP) is 2.63. The maximum Gasteiger partial charge on any atom is 0.228 e. The van der Waals surface area contributed by atoms with Gasteiger partial charge in [-0.15, -0.1) is 0 Å². The third-order valence-corrected chi connectivity index (χ3v) is 4.27. The van der Waals surface area contributed by atoms with Gasteiger partial charge < -0.3 is 11.1 Å². The topological polar surface area (TPSA) is 55.1 Å². The Morgan fingerprint density at radius 2 is 1.48 bits per heavy atom. The van der Waals surface area contributed by atoms with Crippen LogP contribution in [0.2, 0.25) is 0 Å². The Hall–Kier alpha value is -2.13. The second kappa shape index (κ2) is 5.70. The van der Waals surface area contributed by atoms with E-state index in [1.807, 2.05) is 60.7 Å². The zero-order valence-electron chi connectivity index (χ0n) is 12.0. The van der Waals surface area contributed by atoms with E-state index >= 15 is 0 Å². The number of carbonyl (C=O) groups excluding carboxylic acids is 1. The van der Waals surface area contributed by atoms with E-state index in [1.54, 1.807) is 0 Å². The van der Waals surface area contributed by atoms with Crippen LogP contribution in [0.15, 0.2) is 60.7 Å². The highest BCUT2D eigenvalue weighted by Crippen LogP contribution is 2.45. The second-order valence-electron chi connectivity index (χ2n) is 5.71. The van der Waals surface area contributed by atoms with E-state index in [2.05, 4.69) is 5.32 Å². The van der Waals surface area contributed by atoms with Crippen LogP contribution in [0, 0.1) is 5.41 Å². The van der Waals surface area contributed by atoms with Gasteiger partial charge in [0.25, 0.3) is 0 Å². The summed E-state index contributed by atoms with van der Waals surface area (Å²) >= 11 is 0. The molecule has 2 aromatic rings. The van der Waals surface area contributed by atoms with Crippen LogP contribution in [0.4, 0.5) is 0 Å². The van der Waals surface area contributed by atoms with Gasteiger partial charge >= 0.3 is 0 Å². The number of amides is 1. The van der Waals surface area contributed by atoms with Gasteiger partial charge in [-0.2, -0.15) is 0 Å². The fourth-order valence-electron chi connectivity index (χ4n) is 2.61. The quantitative estimate of drug-likeness (QED) is 0.884. The third-order valence-electron chi connectivity index (χ3n) is 4.27. The summed E-state index contributed by atoms with van der Waals surface area (Å²) < 4.78 is 0. The third kappa shape index (κ3) is 2.83. The van der Waals surface area contributed by atoms with Gasteiger partial charge in [-0.05, 0) is 24.0 Å². The molecule has 1 aliphatic carbocycles. The van der Waals surface area contributed by atoms with Gasteiger partial charge in [-0.3, -0.25) is 4.79 Å². The van der Waals surface area contributed by atoms with Gasteiger partial charge in [-0.1, -0.05) is 60.7 Å². The van der Waals surface area contributed by atoms with Gasteiger partial charge in [-0.25, -0.2) is 0 Å². The van der Waals surface area contributed by atoms with Crippen LogP contribution < -0.4 is 11.1 Å². The molecule has 108 valence electrons. The first-order valence-corrected chi connectivity index (χ1v) is 7.36. The summed E-state index contributed by atoms with van der Waals surface area (Å²) in [5.74, 6) is 0.0720. The van der Waals surface area contributed by atoms with Crippen molar-refractivity contribution in [2.75, 3.05) is 6.54 Å². The molecule has 0 unspecified atom stereocenters. The predicted molar refractivity (Wildman–Crippen MR) is 83.6 cm³/mol. The minimum absolute atomic E-state index is 0.0720. The molecule has 3 nitrogen and oxygen atoms in total. The maximum absolute atomic E-state index is 12.5. The van der Waals surface area contributed by atoms with Gasteiger partial charge in [0.1, 0.15) is 0 Å². The molecule has 0 saturated heterocycles. The average Bonchev–Trinajstić information content (AvgIpc) is 3.35. The molecule has 1 fully saturated rings. The lowest BCUT2D eigenvalue weighted by molar-refractivity contribution is -0.126. The molecule has 3 heteroatoms. The monoisotopic (exact) mass is 280 g/mol. The number of nitrogens with one attached hydrogen (secondary N) is 1. The highest BCUT2D eigenvalue weighted by molar-refractivity contribution is 5.86. The Bertz CT molecular complexity index is 566. The minimum atomic E-state index is -0.332. The SMILES string of the molecule is NCC1(C(=O)NC(c2ccccc2)c2ccccc2)CC1. The van der Waals surface area contributed by atoms with Gasteiger partial charge in [0.05, 0.1) is 11.5 Å². The van der Waals surface area contributed by atoms with Gasteiger partial charge in [0.15, 0.2) is 0 Å². The van der Waals surface area contributed by atoms with Crippen molar-refractivity contribution in [3.05, 3.63) is 71.8 Å². The number of hydrogen-bond acceptors (Lipinski definition) is 2.